The third kappa shape index (κ3) is 2.73. The van der Waals surface area contributed by atoms with Gasteiger partial charge in [-0.05, 0) is 23.8 Å². The number of ether oxygens (including phenoxy) is 1. The highest BCUT2D eigenvalue weighted by molar-refractivity contribution is 6.33. The molecule has 1 N–H and O–H groups in total. The molecule has 5 heteroatoms. The lowest BCUT2D eigenvalue weighted by molar-refractivity contribution is 0.0600. The maximum atomic E-state index is 12.4. The highest BCUT2D eigenvalue weighted by Crippen LogP contribution is 2.31. The Bertz CT molecular complexity index is 884. The maximum absolute atomic E-state index is 12.4. The van der Waals surface area contributed by atoms with E-state index in [2.05, 4.69) is 4.98 Å². The van der Waals surface area contributed by atoms with Gasteiger partial charge in [0, 0.05) is 10.9 Å². The molecule has 0 unspecified atom stereocenters. The fourth-order valence-electron chi connectivity index (χ4n) is 2.61. The van der Waals surface area contributed by atoms with Gasteiger partial charge in [-0.1, -0.05) is 30.3 Å². The summed E-state index contributed by atoms with van der Waals surface area (Å²) >= 11 is 5.78. The first-order chi connectivity index (χ1) is 11.2. The minimum Gasteiger partial charge on any atom is -0.465 e. The second-order valence-electron chi connectivity index (χ2n) is 5.05. The molecule has 0 aliphatic carbocycles. The number of rotatable bonds is 4. The van der Waals surface area contributed by atoms with Crippen LogP contribution in [0.3, 0.4) is 0 Å². The Morgan fingerprint density at radius 1 is 1.13 bits per heavy atom. The zero-order valence-corrected chi connectivity index (χ0v) is 13.2. The van der Waals surface area contributed by atoms with Crippen LogP contribution in [0.15, 0.2) is 48.5 Å². The van der Waals surface area contributed by atoms with E-state index in [-0.39, 0.29) is 11.7 Å². The van der Waals surface area contributed by atoms with Gasteiger partial charge in [-0.15, -0.1) is 11.6 Å². The molecule has 0 saturated heterocycles. The number of hydrogen-bond acceptors (Lipinski definition) is 3. The van der Waals surface area contributed by atoms with E-state index in [0.29, 0.717) is 22.2 Å². The molecule has 0 saturated carbocycles. The lowest BCUT2D eigenvalue weighted by atomic mass is 10.0. The summed E-state index contributed by atoms with van der Waals surface area (Å²) in [7, 11) is 1.32. The predicted molar refractivity (Wildman–Crippen MR) is 90.1 cm³/mol. The Balaban J connectivity index is 2.29. The van der Waals surface area contributed by atoms with Crippen LogP contribution in [0.5, 0.6) is 0 Å². The molecule has 1 heterocycles. The minimum absolute atomic E-state index is 0.130. The third-order valence-electron chi connectivity index (χ3n) is 3.68. The largest absolute Gasteiger partial charge is 0.465 e. The number of benzene rings is 2. The van der Waals surface area contributed by atoms with Crippen molar-refractivity contribution in [1.29, 1.82) is 0 Å². The third-order valence-corrected chi connectivity index (χ3v) is 3.93. The first kappa shape index (κ1) is 15.3. The molecule has 0 radical (unpaired) electrons. The second kappa shape index (κ2) is 6.26. The number of aromatic amines is 1. The monoisotopic (exact) mass is 327 g/mol. The summed E-state index contributed by atoms with van der Waals surface area (Å²) in [5.41, 5.74) is 3.24. The highest BCUT2D eigenvalue weighted by atomic mass is 35.5. The van der Waals surface area contributed by atoms with Crippen LogP contribution >= 0.6 is 11.6 Å². The quantitative estimate of drug-likeness (QED) is 0.447. The Morgan fingerprint density at radius 3 is 2.52 bits per heavy atom. The summed E-state index contributed by atoms with van der Waals surface area (Å²) < 4.78 is 4.74. The molecule has 0 atom stereocenters. The van der Waals surface area contributed by atoms with Gasteiger partial charge < -0.3 is 9.72 Å². The zero-order valence-electron chi connectivity index (χ0n) is 12.4. The number of hydrogen-bond donors (Lipinski definition) is 1. The molecule has 3 rings (SSSR count). The van der Waals surface area contributed by atoms with Crippen molar-refractivity contribution in [3.63, 3.8) is 0 Å². The molecule has 0 aliphatic heterocycles. The van der Waals surface area contributed by atoms with Crippen LogP contribution in [0, 0.1) is 0 Å². The maximum Gasteiger partial charge on any atom is 0.337 e. The number of methoxy groups -OCH3 is 1. The Morgan fingerprint density at radius 2 is 1.87 bits per heavy atom. The van der Waals surface area contributed by atoms with Crippen molar-refractivity contribution in [2.45, 2.75) is 0 Å². The van der Waals surface area contributed by atoms with Crippen molar-refractivity contribution in [1.82, 2.24) is 4.98 Å². The molecule has 0 aliphatic rings. The zero-order chi connectivity index (χ0) is 16.4. The standard InChI is InChI=1S/C18H14ClNO3/c1-23-18(22)12-7-8-14-13(9-12)16(15(21)10-19)17(20-14)11-5-3-2-4-6-11/h2-9,20H,10H2,1H3. The van der Waals surface area contributed by atoms with E-state index in [1.807, 2.05) is 30.3 Å². The molecule has 0 fully saturated rings. The van der Waals surface area contributed by atoms with Crippen LogP contribution < -0.4 is 0 Å². The van der Waals surface area contributed by atoms with E-state index >= 15 is 0 Å². The lowest BCUT2D eigenvalue weighted by Crippen LogP contribution is -2.03. The van der Waals surface area contributed by atoms with E-state index in [1.54, 1.807) is 18.2 Å². The van der Waals surface area contributed by atoms with Gasteiger partial charge in [0.05, 0.1) is 29.8 Å². The average Bonchev–Trinajstić information content (AvgIpc) is 2.99. The van der Waals surface area contributed by atoms with E-state index in [9.17, 15) is 9.59 Å². The van der Waals surface area contributed by atoms with Gasteiger partial charge in [-0.25, -0.2) is 4.79 Å². The number of aromatic nitrogens is 1. The van der Waals surface area contributed by atoms with Crippen molar-refractivity contribution >= 4 is 34.3 Å². The van der Waals surface area contributed by atoms with Crippen LogP contribution in [-0.2, 0) is 4.74 Å². The van der Waals surface area contributed by atoms with Gasteiger partial charge in [-0.3, -0.25) is 4.79 Å². The summed E-state index contributed by atoms with van der Waals surface area (Å²) in [5, 5.41) is 0.664. The smallest absolute Gasteiger partial charge is 0.337 e. The summed E-state index contributed by atoms with van der Waals surface area (Å²) in [6.07, 6.45) is 0. The van der Waals surface area contributed by atoms with E-state index in [0.717, 1.165) is 11.1 Å². The Labute approximate surface area is 138 Å². The predicted octanol–water partition coefficient (Wildman–Crippen LogP) is 4.04. The van der Waals surface area contributed by atoms with Gasteiger partial charge >= 0.3 is 5.97 Å². The molecule has 0 bridgehead atoms. The average molecular weight is 328 g/mol. The number of Topliss-reactive ketones (excluding diaryl/α,β-unsaturated/α-hetero) is 1. The van der Waals surface area contributed by atoms with Crippen molar-refractivity contribution in [2.75, 3.05) is 13.0 Å². The normalized spacial score (nSPS) is 10.7. The van der Waals surface area contributed by atoms with E-state index in [4.69, 9.17) is 16.3 Å². The van der Waals surface area contributed by atoms with Crippen molar-refractivity contribution < 1.29 is 14.3 Å². The molecular weight excluding hydrogens is 314 g/mol. The molecule has 1 aromatic heterocycles. The molecule has 2 aromatic carbocycles. The van der Waals surface area contributed by atoms with Crippen LogP contribution in [0.1, 0.15) is 20.7 Å². The molecule has 116 valence electrons. The van der Waals surface area contributed by atoms with E-state index in [1.165, 1.54) is 7.11 Å². The molecule has 3 aromatic rings. The van der Waals surface area contributed by atoms with Crippen molar-refractivity contribution in [3.8, 4) is 11.3 Å². The van der Waals surface area contributed by atoms with Gasteiger partial charge in [0.2, 0.25) is 0 Å². The number of ketones is 1. The fraction of sp³-hybridized carbons (Fsp3) is 0.111. The number of carbonyl (C=O) groups excluding carboxylic acids is 2. The molecule has 23 heavy (non-hydrogen) atoms. The van der Waals surface area contributed by atoms with Crippen LogP contribution in [0.2, 0.25) is 0 Å². The number of fused-ring (bicyclic) bond motifs is 1. The fourth-order valence-corrected chi connectivity index (χ4v) is 2.75. The molecule has 0 amide bonds. The van der Waals surface area contributed by atoms with Crippen LogP contribution in [0.25, 0.3) is 22.2 Å². The Hall–Kier alpha value is -2.59. The number of alkyl halides is 1. The van der Waals surface area contributed by atoms with E-state index < -0.39 is 5.97 Å². The summed E-state index contributed by atoms with van der Waals surface area (Å²) in [4.78, 5) is 27.4. The first-order valence-corrected chi connectivity index (χ1v) is 7.57. The van der Waals surface area contributed by atoms with Gasteiger partial charge in [0.25, 0.3) is 0 Å². The summed E-state index contributed by atoms with van der Waals surface area (Å²) in [5.74, 6) is -0.771. The number of H-pyrrole nitrogens is 1. The van der Waals surface area contributed by atoms with Crippen molar-refractivity contribution in [3.05, 3.63) is 59.7 Å². The molecular formula is C18H14ClNO3. The topological polar surface area (TPSA) is 59.2 Å². The molecule has 0 spiro atoms. The Kier molecular flexibility index (Phi) is 4.17. The highest BCUT2D eigenvalue weighted by Gasteiger charge is 2.20. The van der Waals surface area contributed by atoms with Crippen LogP contribution in [-0.4, -0.2) is 29.7 Å². The van der Waals surface area contributed by atoms with Gasteiger partial charge in [-0.2, -0.15) is 0 Å². The van der Waals surface area contributed by atoms with Crippen molar-refractivity contribution in [2.24, 2.45) is 0 Å². The molecule has 4 nitrogen and oxygen atoms in total. The first-order valence-electron chi connectivity index (χ1n) is 7.04. The lowest BCUT2D eigenvalue weighted by Gasteiger charge is -2.03. The second-order valence-corrected chi connectivity index (χ2v) is 5.32. The van der Waals surface area contributed by atoms with Crippen LogP contribution in [0.4, 0.5) is 0 Å². The minimum atomic E-state index is -0.446. The van der Waals surface area contributed by atoms with Gasteiger partial charge in [0.15, 0.2) is 5.78 Å². The number of carbonyl (C=O) groups is 2. The van der Waals surface area contributed by atoms with Gasteiger partial charge in [0.1, 0.15) is 0 Å². The number of halogens is 1. The number of nitrogens with one attached hydrogen (secondary N) is 1. The summed E-state index contributed by atoms with van der Waals surface area (Å²) in [6, 6.07) is 14.6. The SMILES string of the molecule is COC(=O)c1ccc2[nH]c(-c3ccccc3)c(C(=O)CCl)c2c1. The number of esters is 1. The summed E-state index contributed by atoms with van der Waals surface area (Å²) in [6.45, 7) is 0.